The van der Waals surface area contributed by atoms with Crippen LogP contribution in [0.15, 0.2) is 56.8 Å². The smallest absolute Gasteiger partial charge is 0.256 e. The van der Waals surface area contributed by atoms with Crippen LogP contribution in [0.2, 0.25) is 0 Å². The van der Waals surface area contributed by atoms with E-state index in [9.17, 15) is 4.79 Å². The predicted octanol–water partition coefficient (Wildman–Crippen LogP) is 3.31. The highest BCUT2D eigenvalue weighted by Crippen LogP contribution is 2.21. The number of rotatable bonds is 4. The van der Waals surface area contributed by atoms with Crippen LogP contribution < -0.4 is 5.56 Å². The standard InChI is InChI=1S/C19H19N3O2S/c1-25-14-6-4-13(5-7-14)11-22-9-8-16-15(12-22)19(23)21-18(20-16)17-3-2-10-24-17/h2-7,10H,8-9,11-12H2,1H3,(H,20,21,23). The summed E-state index contributed by atoms with van der Waals surface area (Å²) in [5.41, 5.74) is 2.84. The first-order valence-corrected chi connectivity index (χ1v) is 9.46. The van der Waals surface area contributed by atoms with Crippen LogP contribution in [-0.2, 0) is 19.5 Å². The highest BCUT2D eigenvalue weighted by atomic mass is 32.2. The van der Waals surface area contributed by atoms with Crippen LogP contribution in [0.3, 0.4) is 0 Å². The number of fused-ring (bicyclic) bond motifs is 1. The molecule has 128 valence electrons. The van der Waals surface area contributed by atoms with Gasteiger partial charge < -0.3 is 9.40 Å². The molecule has 5 nitrogen and oxygen atoms in total. The van der Waals surface area contributed by atoms with Crippen LogP contribution in [-0.4, -0.2) is 27.7 Å². The Bertz CT molecular complexity index is 917. The Morgan fingerprint density at radius 1 is 1.28 bits per heavy atom. The lowest BCUT2D eigenvalue weighted by molar-refractivity contribution is 0.242. The predicted molar refractivity (Wildman–Crippen MR) is 98.6 cm³/mol. The van der Waals surface area contributed by atoms with Gasteiger partial charge in [-0.3, -0.25) is 9.69 Å². The van der Waals surface area contributed by atoms with Crippen LogP contribution in [0.4, 0.5) is 0 Å². The molecule has 25 heavy (non-hydrogen) atoms. The molecule has 0 saturated carbocycles. The number of thioether (sulfide) groups is 1. The molecular weight excluding hydrogens is 334 g/mol. The van der Waals surface area contributed by atoms with Gasteiger partial charge in [-0.25, -0.2) is 4.98 Å². The molecule has 3 aromatic rings. The maximum atomic E-state index is 12.5. The van der Waals surface area contributed by atoms with Crippen LogP contribution in [0, 0.1) is 0 Å². The normalized spacial score (nSPS) is 14.4. The van der Waals surface area contributed by atoms with Gasteiger partial charge in [0.15, 0.2) is 11.6 Å². The van der Waals surface area contributed by atoms with Gasteiger partial charge in [0.05, 0.1) is 17.5 Å². The summed E-state index contributed by atoms with van der Waals surface area (Å²) >= 11 is 1.74. The minimum atomic E-state index is -0.0705. The quantitative estimate of drug-likeness (QED) is 0.729. The lowest BCUT2D eigenvalue weighted by Crippen LogP contribution is -2.35. The average Bonchev–Trinajstić information content (AvgIpc) is 3.17. The highest BCUT2D eigenvalue weighted by molar-refractivity contribution is 7.98. The zero-order chi connectivity index (χ0) is 17.2. The Morgan fingerprint density at radius 2 is 2.12 bits per heavy atom. The van der Waals surface area contributed by atoms with Crippen molar-refractivity contribution >= 4 is 11.8 Å². The van der Waals surface area contributed by atoms with E-state index < -0.39 is 0 Å². The molecule has 0 saturated heterocycles. The first-order valence-electron chi connectivity index (χ1n) is 8.24. The number of hydrogen-bond acceptors (Lipinski definition) is 5. The monoisotopic (exact) mass is 353 g/mol. The molecule has 0 spiro atoms. The van der Waals surface area contributed by atoms with Crippen molar-refractivity contribution in [1.82, 2.24) is 14.9 Å². The number of aromatic nitrogens is 2. The lowest BCUT2D eigenvalue weighted by atomic mass is 10.1. The van der Waals surface area contributed by atoms with Gasteiger partial charge in [-0.2, -0.15) is 0 Å². The van der Waals surface area contributed by atoms with Crippen molar-refractivity contribution in [2.75, 3.05) is 12.8 Å². The SMILES string of the molecule is CSc1ccc(CN2CCc3nc(-c4ccco4)[nH]c(=O)c3C2)cc1. The topological polar surface area (TPSA) is 62.1 Å². The van der Waals surface area contributed by atoms with E-state index in [1.807, 2.05) is 0 Å². The number of aromatic amines is 1. The van der Waals surface area contributed by atoms with Crippen LogP contribution in [0.1, 0.15) is 16.8 Å². The number of furan rings is 1. The second kappa shape index (κ2) is 6.90. The molecule has 1 aliphatic rings. The van der Waals surface area contributed by atoms with Gasteiger partial charge in [0.2, 0.25) is 0 Å². The van der Waals surface area contributed by atoms with E-state index in [0.29, 0.717) is 18.1 Å². The summed E-state index contributed by atoms with van der Waals surface area (Å²) in [6.07, 6.45) is 4.43. The molecule has 1 N–H and O–H groups in total. The van der Waals surface area contributed by atoms with E-state index in [2.05, 4.69) is 45.4 Å². The molecule has 0 unspecified atom stereocenters. The van der Waals surface area contributed by atoms with Gasteiger partial charge in [-0.05, 0) is 36.1 Å². The van der Waals surface area contributed by atoms with Gasteiger partial charge in [0.25, 0.3) is 5.56 Å². The number of nitrogens with zero attached hydrogens (tertiary/aromatic N) is 2. The van der Waals surface area contributed by atoms with E-state index in [4.69, 9.17) is 4.42 Å². The first-order chi connectivity index (χ1) is 12.2. The molecule has 2 aromatic heterocycles. The molecule has 0 aliphatic carbocycles. The Balaban J connectivity index is 1.54. The van der Waals surface area contributed by atoms with Crippen molar-refractivity contribution in [3.05, 3.63) is 69.8 Å². The van der Waals surface area contributed by atoms with Gasteiger partial charge in [-0.1, -0.05) is 12.1 Å². The average molecular weight is 353 g/mol. The van der Waals surface area contributed by atoms with Crippen molar-refractivity contribution in [3.8, 4) is 11.6 Å². The minimum absolute atomic E-state index is 0.0705. The van der Waals surface area contributed by atoms with E-state index in [1.54, 1.807) is 30.2 Å². The summed E-state index contributed by atoms with van der Waals surface area (Å²) < 4.78 is 5.34. The molecular formula is C19H19N3O2S. The zero-order valence-corrected chi connectivity index (χ0v) is 14.8. The Labute approximate surface area is 150 Å². The second-order valence-electron chi connectivity index (χ2n) is 6.13. The largest absolute Gasteiger partial charge is 0.461 e. The molecule has 0 bridgehead atoms. The fraction of sp³-hybridized carbons (Fsp3) is 0.263. The first kappa shape index (κ1) is 16.2. The van der Waals surface area contributed by atoms with E-state index >= 15 is 0 Å². The zero-order valence-electron chi connectivity index (χ0n) is 14.0. The van der Waals surface area contributed by atoms with E-state index in [-0.39, 0.29) is 5.56 Å². The lowest BCUT2D eigenvalue weighted by Gasteiger charge is -2.27. The molecule has 0 radical (unpaired) electrons. The number of benzene rings is 1. The summed E-state index contributed by atoms with van der Waals surface area (Å²) in [7, 11) is 0. The third-order valence-corrected chi connectivity index (χ3v) is 5.21. The van der Waals surface area contributed by atoms with Crippen LogP contribution >= 0.6 is 11.8 Å². The molecule has 0 fully saturated rings. The summed E-state index contributed by atoms with van der Waals surface area (Å²) in [5.74, 6) is 1.10. The van der Waals surface area contributed by atoms with Crippen molar-refractivity contribution < 1.29 is 4.42 Å². The molecule has 1 aliphatic heterocycles. The molecule has 3 heterocycles. The summed E-state index contributed by atoms with van der Waals surface area (Å²) in [5, 5.41) is 0. The highest BCUT2D eigenvalue weighted by Gasteiger charge is 2.22. The second-order valence-corrected chi connectivity index (χ2v) is 7.01. The fourth-order valence-electron chi connectivity index (χ4n) is 3.14. The van der Waals surface area contributed by atoms with Gasteiger partial charge >= 0.3 is 0 Å². The molecule has 6 heteroatoms. The maximum Gasteiger partial charge on any atom is 0.256 e. The van der Waals surface area contributed by atoms with Crippen molar-refractivity contribution in [2.24, 2.45) is 0 Å². The van der Waals surface area contributed by atoms with Crippen molar-refractivity contribution in [1.29, 1.82) is 0 Å². The Hall–Kier alpha value is -2.31. The van der Waals surface area contributed by atoms with Crippen molar-refractivity contribution in [2.45, 2.75) is 24.4 Å². The summed E-state index contributed by atoms with van der Waals surface area (Å²) in [6, 6.07) is 12.2. The third kappa shape index (κ3) is 3.41. The van der Waals surface area contributed by atoms with E-state index in [0.717, 1.165) is 30.8 Å². The fourth-order valence-corrected chi connectivity index (χ4v) is 3.54. The van der Waals surface area contributed by atoms with Crippen LogP contribution in [0.5, 0.6) is 0 Å². The van der Waals surface area contributed by atoms with Gasteiger partial charge in [0.1, 0.15) is 0 Å². The molecule has 1 aromatic carbocycles. The Kier molecular flexibility index (Phi) is 4.46. The molecule has 0 atom stereocenters. The maximum absolute atomic E-state index is 12.5. The minimum Gasteiger partial charge on any atom is -0.461 e. The third-order valence-electron chi connectivity index (χ3n) is 4.47. The summed E-state index contributed by atoms with van der Waals surface area (Å²) in [4.78, 5) is 23.5. The van der Waals surface area contributed by atoms with Gasteiger partial charge in [0, 0.05) is 31.0 Å². The number of nitrogens with one attached hydrogen (secondary N) is 1. The van der Waals surface area contributed by atoms with Crippen molar-refractivity contribution in [3.63, 3.8) is 0 Å². The number of H-pyrrole nitrogens is 1. The Morgan fingerprint density at radius 3 is 2.84 bits per heavy atom. The number of hydrogen-bond donors (Lipinski definition) is 1. The molecule has 4 rings (SSSR count). The summed E-state index contributed by atoms with van der Waals surface area (Å²) in [6.45, 7) is 2.36. The van der Waals surface area contributed by atoms with Crippen LogP contribution in [0.25, 0.3) is 11.6 Å². The molecule has 0 amide bonds. The van der Waals surface area contributed by atoms with E-state index in [1.165, 1.54) is 10.5 Å². The van der Waals surface area contributed by atoms with Gasteiger partial charge in [-0.15, -0.1) is 11.8 Å².